The predicted molar refractivity (Wildman–Crippen MR) is 72.8 cm³/mol. The minimum Gasteiger partial charge on any atom is -0.381 e. The minimum absolute atomic E-state index is 0.127. The van der Waals surface area contributed by atoms with Crippen molar-refractivity contribution in [3.63, 3.8) is 0 Å². The van der Waals surface area contributed by atoms with E-state index in [-0.39, 0.29) is 23.6 Å². The van der Waals surface area contributed by atoms with E-state index in [1.807, 2.05) is 6.07 Å². The van der Waals surface area contributed by atoms with Crippen LogP contribution >= 0.6 is 15.9 Å². The van der Waals surface area contributed by atoms with Gasteiger partial charge in [0.1, 0.15) is 6.07 Å². The molecule has 0 radical (unpaired) electrons. The smallest absolute Gasteiger partial charge is 0.235 e. The Hall–Kier alpha value is -1.10. The largest absolute Gasteiger partial charge is 0.381 e. The van der Waals surface area contributed by atoms with Crippen molar-refractivity contribution in [2.24, 2.45) is 0 Å². The highest BCUT2D eigenvalue weighted by molar-refractivity contribution is 9.10. The van der Waals surface area contributed by atoms with Gasteiger partial charge < -0.3 is 4.74 Å². The summed E-state index contributed by atoms with van der Waals surface area (Å²) >= 11 is 3.23. The van der Waals surface area contributed by atoms with E-state index in [2.05, 4.69) is 20.7 Å². The number of nitrogens with one attached hydrogen (secondary N) is 1. The van der Waals surface area contributed by atoms with Crippen LogP contribution in [0.3, 0.4) is 0 Å². The van der Waals surface area contributed by atoms with Crippen molar-refractivity contribution >= 4 is 31.6 Å². The van der Waals surface area contributed by atoms with Gasteiger partial charge in [0.25, 0.3) is 0 Å². The summed E-state index contributed by atoms with van der Waals surface area (Å²) in [5.74, 6) is -0.141. The fourth-order valence-corrected chi connectivity index (χ4v) is 2.53. The highest BCUT2D eigenvalue weighted by Gasteiger charge is 2.13. The predicted octanol–water partition coefficient (Wildman–Crippen LogP) is 2.10. The van der Waals surface area contributed by atoms with Gasteiger partial charge in [0, 0.05) is 11.1 Å². The van der Waals surface area contributed by atoms with Gasteiger partial charge in [-0.1, -0.05) is 15.9 Å². The molecule has 0 aliphatic heterocycles. The molecule has 0 aliphatic rings. The number of nitriles is 1. The van der Waals surface area contributed by atoms with Crippen LogP contribution in [0.5, 0.6) is 0 Å². The van der Waals surface area contributed by atoms with Gasteiger partial charge in [-0.3, -0.25) is 4.72 Å². The van der Waals surface area contributed by atoms with Gasteiger partial charge in [0.15, 0.2) is 0 Å². The molecule has 0 bridgehead atoms. The summed E-state index contributed by atoms with van der Waals surface area (Å²) in [6.45, 7) is 2.39. The summed E-state index contributed by atoms with van der Waals surface area (Å²) in [4.78, 5) is 0. The number of anilines is 1. The Morgan fingerprint density at radius 3 is 2.83 bits per heavy atom. The van der Waals surface area contributed by atoms with Crippen LogP contribution in [0, 0.1) is 11.3 Å². The Balaban J connectivity index is 2.84. The normalized spacial score (nSPS) is 10.9. The molecule has 5 nitrogen and oxygen atoms in total. The number of hydrogen-bond acceptors (Lipinski definition) is 4. The lowest BCUT2D eigenvalue weighted by molar-refractivity contribution is 0.163. The van der Waals surface area contributed by atoms with Crippen molar-refractivity contribution in [1.82, 2.24) is 0 Å². The van der Waals surface area contributed by atoms with Crippen LogP contribution in [-0.4, -0.2) is 27.4 Å². The first-order chi connectivity index (χ1) is 8.48. The quantitative estimate of drug-likeness (QED) is 0.809. The third kappa shape index (κ3) is 4.64. The summed E-state index contributed by atoms with van der Waals surface area (Å²) in [5, 5.41) is 8.90. The van der Waals surface area contributed by atoms with Crippen LogP contribution in [0.15, 0.2) is 22.7 Å². The van der Waals surface area contributed by atoms with E-state index in [9.17, 15) is 8.42 Å². The summed E-state index contributed by atoms with van der Waals surface area (Å²) < 4.78 is 31.5. The van der Waals surface area contributed by atoms with Gasteiger partial charge in [0.2, 0.25) is 10.0 Å². The Labute approximate surface area is 115 Å². The number of hydrogen-bond donors (Lipinski definition) is 1. The zero-order valence-corrected chi connectivity index (χ0v) is 12.2. The molecule has 0 amide bonds. The van der Waals surface area contributed by atoms with E-state index in [0.717, 1.165) is 0 Å². The Morgan fingerprint density at radius 2 is 2.22 bits per heavy atom. The maximum Gasteiger partial charge on any atom is 0.235 e. The third-order valence-corrected chi connectivity index (χ3v) is 3.80. The van der Waals surface area contributed by atoms with Crippen molar-refractivity contribution in [3.05, 3.63) is 28.2 Å². The molecule has 0 atom stereocenters. The maximum atomic E-state index is 11.7. The number of sulfonamides is 1. The lowest BCUT2D eigenvalue weighted by atomic mass is 10.2. The molecule has 0 unspecified atom stereocenters. The fourth-order valence-electron chi connectivity index (χ4n) is 1.23. The van der Waals surface area contributed by atoms with Gasteiger partial charge in [0.05, 0.1) is 23.6 Å². The minimum atomic E-state index is -3.50. The lowest BCUT2D eigenvalue weighted by Crippen LogP contribution is -2.20. The van der Waals surface area contributed by atoms with E-state index >= 15 is 0 Å². The zero-order valence-electron chi connectivity index (χ0n) is 9.81. The first-order valence-corrected chi connectivity index (χ1v) is 7.71. The second-order valence-electron chi connectivity index (χ2n) is 3.42. The SMILES string of the molecule is CCOCCS(=O)(=O)Nc1cc(Br)ccc1C#N. The molecule has 0 fully saturated rings. The van der Waals surface area contributed by atoms with Gasteiger partial charge in [-0.25, -0.2) is 8.42 Å². The van der Waals surface area contributed by atoms with E-state index in [0.29, 0.717) is 11.1 Å². The molecule has 1 rings (SSSR count). The summed E-state index contributed by atoms with van der Waals surface area (Å²) in [5.41, 5.74) is 0.543. The second-order valence-corrected chi connectivity index (χ2v) is 6.18. The van der Waals surface area contributed by atoms with Crippen LogP contribution in [-0.2, 0) is 14.8 Å². The molecule has 1 aromatic rings. The topological polar surface area (TPSA) is 79.2 Å². The van der Waals surface area contributed by atoms with Gasteiger partial charge in [-0.2, -0.15) is 5.26 Å². The van der Waals surface area contributed by atoms with Crippen molar-refractivity contribution in [3.8, 4) is 6.07 Å². The Bertz CT molecular complexity index is 552. The summed E-state index contributed by atoms with van der Waals surface area (Å²) in [6.07, 6.45) is 0. The van der Waals surface area contributed by atoms with Crippen LogP contribution < -0.4 is 4.72 Å². The number of halogens is 1. The van der Waals surface area contributed by atoms with E-state index in [1.54, 1.807) is 25.1 Å². The molecule has 0 aromatic heterocycles. The van der Waals surface area contributed by atoms with Crippen molar-refractivity contribution in [2.75, 3.05) is 23.7 Å². The molecule has 0 saturated carbocycles. The molecule has 1 aromatic carbocycles. The van der Waals surface area contributed by atoms with Crippen molar-refractivity contribution in [1.29, 1.82) is 5.26 Å². The molecule has 18 heavy (non-hydrogen) atoms. The van der Waals surface area contributed by atoms with E-state index < -0.39 is 10.0 Å². The fraction of sp³-hybridized carbons (Fsp3) is 0.364. The maximum absolute atomic E-state index is 11.7. The van der Waals surface area contributed by atoms with Crippen LogP contribution in [0.25, 0.3) is 0 Å². The number of rotatable bonds is 6. The van der Waals surface area contributed by atoms with Gasteiger partial charge >= 0.3 is 0 Å². The number of nitrogens with zero attached hydrogens (tertiary/aromatic N) is 1. The standard InChI is InChI=1S/C11H13BrN2O3S/c1-2-17-5-6-18(15,16)14-11-7-10(12)4-3-9(11)8-13/h3-4,7,14H,2,5-6H2,1H3. The average Bonchev–Trinajstić information content (AvgIpc) is 2.29. The molecule has 1 N–H and O–H groups in total. The molecular formula is C11H13BrN2O3S. The average molecular weight is 333 g/mol. The van der Waals surface area contributed by atoms with E-state index in [1.165, 1.54) is 0 Å². The number of benzene rings is 1. The monoisotopic (exact) mass is 332 g/mol. The highest BCUT2D eigenvalue weighted by atomic mass is 79.9. The highest BCUT2D eigenvalue weighted by Crippen LogP contribution is 2.21. The molecule has 7 heteroatoms. The van der Waals surface area contributed by atoms with Crippen molar-refractivity contribution < 1.29 is 13.2 Å². The van der Waals surface area contributed by atoms with Gasteiger partial charge in [-0.15, -0.1) is 0 Å². The Kier molecular flexibility index (Phi) is 5.59. The molecular weight excluding hydrogens is 320 g/mol. The van der Waals surface area contributed by atoms with Crippen molar-refractivity contribution in [2.45, 2.75) is 6.92 Å². The number of ether oxygens (including phenoxy) is 1. The molecule has 98 valence electrons. The van der Waals surface area contributed by atoms with Crippen LogP contribution in [0.2, 0.25) is 0 Å². The molecule has 0 saturated heterocycles. The zero-order chi connectivity index (χ0) is 13.6. The first kappa shape index (κ1) is 15.0. The summed E-state index contributed by atoms with van der Waals surface area (Å²) in [6, 6.07) is 6.71. The molecule has 0 heterocycles. The molecule has 0 spiro atoms. The van der Waals surface area contributed by atoms with E-state index in [4.69, 9.17) is 10.00 Å². The van der Waals surface area contributed by atoms with Gasteiger partial charge in [-0.05, 0) is 25.1 Å². The molecule has 0 aliphatic carbocycles. The second kappa shape index (κ2) is 6.73. The van der Waals surface area contributed by atoms with Crippen LogP contribution in [0.4, 0.5) is 5.69 Å². The third-order valence-electron chi connectivity index (χ3n) is 2.07. The Morgan fingerprint density at radius 1 is 1.50 bits per heavy atom. The first-order valence-electron chi connectivity index (χ1n) is 5.26. The summed E-state index contributed by atoms with van der Waals surface area (Å²) in [7, 11) is -3.50. The lowest BCUT2D eigenvalue weighted by Gasteiger charge is -2.09. The van der Waals surface area contributed by atoms with Crippen LogP contribution in [0.1, 0.15) is 12.5 Å².